The molecule has 0 saturated carbocycles. The van der Waals surface area contributed by atoms with E-state index in [0.29, 0.717) is 24.4 Å². The summed E-state index contributed by atoms with van der Waals surface area (Å²) in [5, 5.41) is 22.0. The number of rotatable bonds is 8. The van der Waals surface area contributed by atoms with Gasteiger partial charge in [0.05, 0.1) is 25.3 Å². The van der Waals surface area contributed by atoms with Gasteiger partial charge in [0.1, 0.15) is 5.75 Å². The molecule has 1 aliphatic heterocycles. The number of nitrogens with zero attached hydrogens (tertiary/aromatic N) is 1. The van der Waals surface area contributed by atoms with Gasteiger partial charge in [-0.1, -0.05) is 18.2 Å². The van der Waals surface area contributed by atoms with E-state index in [1.165, 1.54) is 18.9 Å². The summed E-state index contributed by atoms with van der Waals surface area (Å²) in [5.74, 6) is -0.915. The quantitative estimate of drug-likeness (QED) is 0.601. The van der Waals surface area contributed by atoms with Gasteiger partial charge >= 0.3 is 0 Å². The van der Waals surface area contributed by atoms with E-state index in [-0.39, 0.29) is 24.5 Å². The Morgan fingerprint density at radius 2 is 2.04 bits per heavy atom. The number of aliphatic hydroxyl groups is 2. The van der Waals surface area contributed by atoms with Crippen molar-refractivity contribution in [2.45, 2.75) is 13.0 Å². The standard InChI is InChI=1S/C17H22N2O5/c1-11(21)14-15(12-5-3-4-6-13(12)24-2)19(17(23)16(14)22)9-7-18-8-10-20/h3-6,15,18,20,22H,7-10H2,1-2H3/t15-/m0/s1. The Morgan fingerprint density at radius 1 is 1.33 bits per heavy atom. The molecule has 2 rings (SSSR count). The van der Waals surface area contributed by atoms with Crippen molar-refractivity contribution in [1.82, 2.24) is 10.2 Å². The number of carbonyl (C=O) groups is 2. The minimum Gasteiger partial charge on any atom is -0.503 e. The predicted molar refractivity (Wildman–Crippen MR) is 87.7 cm³/mol. The molecule has 0 spiro atoms. The summed E-state index contributed by atoms with van der Waals surface area (Å²) in [5.41, 5.74) is 0.719. The number of aliphatic hydroxyl groups excluding tert-OH is 2. The van der Waals surface area contributed by atoms with Crippen LogP contribution >= 0.6 is 0 Å². The minimum absolute atomic E-state index is 0.00786. The summed E-state index contributed by atoms with van der Waals surface area (Å²) >= 11 is 0. The van der Waals surface area contributed by atoms with Gasteiger partial charge in [-0.15, -0.1) is 0 Å². The first-order chi connectivity index (χ1) is 11.5. The number of hydrogen-bond acceptors (Lipinski definition) is 6. The van der Waals surface area contributed by atoms with Crippen LogP contribution in [0.2, 0.25) is 0 Å². The third-order valence-electron chi connectivity index (χ3n) is 3.93. The first-order valence-corrected chi connectivity index (χ1v) is 7.72. The van der Waals surface area contributed by atoms with Gasteiger partial charge in [-0.05, 0) is 13.0 Å². The Bertz CT molecular complexity index is 656. The first-order valence-electron chi connectivity index (χ1n) is 7.72. The number of methoxy groups -OCH3 is 1. The molecule has 1 heterocycles. The average Bonchev–Trinajstić information content (AvgIpc) is 2.83. The molecule has 7 heteroatoms. The minimum atomic E-state index is -0.693. The fourth-order valence-electron chi connectivity index (χ4n) is 2.86. The molecule has 0 unspecified atom stereocenters. The van der Waals surface area contributed by atoms with Crippen molar-refractivity contribution in [2.24, 2.45) is 0 Å². The number of ketones is 1. The van der Waals surface area contributed by atoms with Crippen LogP contribution in [0.5, 0.6) is 5.75 Å². The Labute approximate surface area is 140 Å². The van der Waals surface area contributed by atoms with Gasteiger partial charge in [0.2, 0.25) is 0 Å². The molecule has 0 fully saturated rings. The highest BCUT2D eigenvalue weighted by atomic mass is 16.5. The number of carbonyl (C=O) groups excluding carboxylic acids is 2. The van der Waals surface area contributed by atoms with Crippen molar-refractivity contribution < 1.29 is 24.5 Å². The van der Waals surface area contributed by atoms with Crippen LogP contribution in [-0.2, 0) is 9.59 Å². The van der Waals surface area contributed by atoms with Crippen molar-refractivity contribution >= 4 is 11.7 Å². The van der Waals surface area contributed by atoms with Gasteiger partial charge in [0, 0.05) is 25.2 Å². The molecule has 0 aliphatic carbocycles. The zero-order chi connectivity index (χ0) is 17.7. The van der Waals surface area contributed by atoms with Gasteiger partial charge in [-0.25, -0.2) is 0 Å². The van der Waals surface area contributed by atoms with Gasteiger partial charge in [0.15, 0.2) is 11.5 Å². The molecule has 1 aromatic rings. The van der Waals surface area contributed by atoms with E-state index in [0.717, 1.165) is 0 Å². The van der Waals surface area contributed by atoms with Gasteiger partial charge in [0.25, 0.3) is 5.91 Å². The lowest BCUT2D eigenvalue weighted by Gasteiger charge is -2.27. The van der Waals surface area contributed by atoms with Gasteiger partial charge in [-0.3, -0.25) is 9.59 Å². The number of para-hydroxylation sites is 1. The summed E-state index contributed by atoms with van der Waals surface area (Å²) in [7, 11) is 1.51. The van der Waals surface area contributed by atoms with Crippen LogP contribution in [-0.4, -0.2) is 60.2 Å². The van der Waals surface area contributed by atoms with Crippen LogP contribution in [0.25, 0.3) is 0 Å². The number of benzene rings is 1. The smallest absolute Gasteiger partial charge is 0.290 e. The Kier molecular flexibility index (Phi) is 5.94. The van der Waals surface area contributed by atoms with Crippen LogP contribution in [0.4, 0.5) is 0 Å². The lowest BCUT2D eigenvalue weighted by Crippen LogP contribution is -2.37. The predicted octanol–water partition coefficient (Wildman–Crippen LogP) is 0.561. The molecule has 7 nitrogen and oxygen atoms in total. The summed E-state index contributed by atoms with van der Waals surface area (Å²) in [6.45, 7) is 2.43. The van der Waals surface area contributed by atoms with E-state index in [9.17, 15) is 14.7 Å². The summed E-state index contributed by atoms with van der Waals surface area (Å²) in [6, 6.07) is 6.41. The Hall–Kier alpha value is -2.38. The number of ether oxygens (including phenoxy) is 1. The summed E-state index contributed by atoms with van der Waals surface area (Å²) in [4.78, 5) is 25.9. The lowest BCUT2D eigenvalue weighted by molar-refractivity contribution is -0.129. The molecule has 24 heavy (non-hydrogen) atoms. The second-order valence-electron chi connectivity index (χ2n) is 5.44. The third kappa shape index (κ3) is 3.42. The second kappa shape index (κ2) is 7.94. The molecule has 1 atom stereocenters. The zero-order valence-corrected chi connectivity index (χ0v) is 13.8. The molecule has 130 valence electrons. The van der Waals surface area contributed by atoms with Crippen LogP contribution in [0.1, 0.15) is 18.5 Å². The largest absolute Gasteiger partial charge is 0.503 e. The summed E-state index contributed by atoms with van der Waals surface area (Å²) in [6.07, 6.45) is 0. The highest BCUT2D eigenvalue weighted by Crippen LogP contribution is 2.40. The number of Topliss-reactive ketones (excluding diaryl/α,β-unsaturated/α-hetero) is 1. The monoisotopic (exact) mass is 334 g/mol. The molecule has 1 aliphatic rings. The van der Waals surface area contributed by atoms with Gasteiger partial charge in [-0.2, -0.15) is 0 Å². The molecule has 0 saturated heterocycles. The molecule has 0 radical (unpaired) electrons. The maximum atomic E-state index is 12.4. The molecule has 1 amide bonds. The van der Waals surface area contributed by atoms with Crippen LogP contribution in [0.15, 0.2) is 35.6 Å². The fraction of sp³-hybridized carbons (Fsp3) is 0.412. The third-order valence-corrected chi connectivity index (χ3v) is 3.93. The van der Waals surface area contributed by atoms with E-state index < -0.39 is 17.7 Å². The van der Waals surface area contributed by atoms with Crippen LogP contribution < -0.4 is 10.1 Å². The molecular formula is C17H22N2O5. The highest BCUT2D eigenvalue weighted by Gasteiger charge is 2.43. The molecule has 3 N–H and O–H groups in total. The normalized spacial score (nSPS) is 17.5. The van der Waals surface area contributed by atoms with E-state index in [4.69, 9.17) is 9.84 Å². The fourth-order valence-corrected chi connectivity index (χ4v) is 2.86. The Balaban J connectivity index is 2.39. The summed E-state index contributed by atoms with van der Waals surface area (Å²) < 4.78 is 5.35. The maximum absolute atomic E-state index is 12.4. The van der Waals surface area contributed by atoms with Crippen LogP contribution in [0.3, 0.4) is 0 Å². The molecule has 1 aromatic carbocycles. The molecular weight excluding hydrogens is 312 g/mol. The van der Waals surface area contributed by atoms with Crippen molar-refractivity contribution in [2.75, 3.05) is 33.4 Å². The first kappa shape index (κ1) is 18.0. The van der Waals surface area contributed by atoms with E-state index in [2.05, 4.69) is 5.32 Å². The molecule has 0 aromatic heterocycles. The van der Waals surface area contributed by atoms with Crippen molar-refractivity contribution in [3.05, 3.63) is 41.2 Å². The second-order valence-corrected chi connectivity index (χ2v) is 5.44. The topological polar surface area (TPSA) is 99.1 Å². The van der Waals surface area contributed by atoms with E-state index in [1.54, 1.807) is 24.3 Å². The lowest BCUT2D eigenvalue weighted by atomic mass is 9.96. The molecule has 0 bridgehead atoms. The number of amides is 1. The van der Waals surface area contributed by atoms with Crippen molar-refractivity contribution in [1.29, 1.82) is 0 Å². The number of nitrogens with one attached hydrogen (secondary N) is 1. The van der Waals surface area contributed by atoms with E-state index in [1.807, 2.05) is 0 Å². The zero-order valence-electron chi connectivity index (χ0n) is 13.8. The van der Waals surface area contributed by atoms with E-state index >= 15 is 0 Å². The Morgan fingerprint density at radius 3 is 2.67 bits per heavy atom. The average molecular weight is 334 g/mol. The number of hydrogen-bond donors (Lipinski definition) is 3. The van der Waals surface area contributed by atoms with Crippen molar-refractivity contribution in [3.8, 4) is 5.75 Å². The maximum Gasteiger partial charge on any atom is 0.290 e. The van der Waals surface area contributed by atoms with Gasteiger partial charge < -0.3 is 25.2 Å². The SMILES string of the molecule is COc1ccccc1[C@H]1C(C(C)=O)=C(O)C(=O)N1CCNCCO. The highest BCUT2D eigenvalue weighted by molar-refractivity contribution is 6.08. The van der Waals surface area contributed by atoms with Crippen LogP contribution in [0, 0.1) is 0 Å². The van der Waals surface area contributed by atoms with Crippen molar-refractivity contribution in [3.63, 3.8) is 0 Å².